The van der Waals surface area contributed by atoms with E-state index in [4.69, 9.17) is 37.0 Å². The van der Waals surface area contributed by atoms with Crippen molar-refractivity contribution in [2.45, 2.75) is 362 Å². The van der Waals surface area contributed by atoms with Crippen molar-refractivity contribution >= 4 is 39.5 Å². The summed E-state index contributed by atoms with van der Waals surface area (Å²) >= 11 is 0. The van der Waals surface area contributed by atoms with Gasteiger partial charge < -0.3 is 33.8 Å². The Hall–Kier alpha value is -1.94. The molecule has 0 saturated carbocycles. The molecule has 0 rings (SSSR count). The number of phosphoric acid groups is 2. The van der Waals surface area contributed by atoms with E-state index in [2.05, 4.69) is 41.5 Å². The molecule has 516 valence electrons. The Balaban J connectivity index is 5.19. The van der Waals surface area contributed by atoms with Crippen LogP contribution >= 0.6 is 15.6 Å². The van der Waals surface area contributed by atoms with E-state index < -0.39 is 97.5 Å². The lowest BCUT2D eigenvalue weighted by Crippen LogP contribution is -2.30. The quantitative estimate of drug-likeness (QED) is 0.0222. The van der Waals surface area contributed by atoms with Crippen LogP contribution in [0, 0.1) is 11.8 Å². The molecule has 0 bridgehead atoms. The number of hydrogen-bond acceptors (Lipinski definition) is 15. The maximum absolute atomic E-state index is 13.0. The van der Waals surface area contributed by atoms with Crippen molar-refractivity contribution in [3.8, 4) is 0 Å². The molecule has 0 aliphatic rings. The average molecular weight is 1280 g/mol. The number of carbonyl (C=O) groups excluding carboxylic acids is 4. The van der Waals surface area contributed by atoms with Crippen LogP contribution in [-0.4, -0.2) is 96.7 Å². The molecule has 0 aromatic carbocycles. The van der Waals surface area contributed by atoms with Crippen LogP contribution in [0.15, 0.2) is 0 Å². The van der Waals surface area contributed by atoms with Gasteiger partial charge in [0.2, 0.25) is 0 Å². The van der Waals surface area contributed by atoms with Crippen molar-refractivity contribution in [2.75, 3.05) is 39.6 Å². The first-order valence-electron chi connectivity index (χ1n) is 35.5. The first kappa shape index (κ1) is 85.1. The molecule has 0 saturated heterocycles. The highest BCUT2D eigenvalue weighted by molar-refractivity contribution is 7.47. The fourth-order valence-corrected chi connectivity index (χ4v) is 11.8. The molecule has 0 amide bonds. The minimum absolute atomic E-state index is 0.103. The highest BCUT2D eigenvalue weighted by Crippen LogP contribution is 2.45. The highest BCUT2D eigenvalue weighted by atomic mass is 31.2. The predicted octanol–water partition coefficient (Wildman–Crippen LogP) is 19.2. The molecule has 5 atom stereocenters. The van der Waals surface area contributed by atoms with Gasteiger partial charge in [-0.1, -0.05) is 292 Å². The van der Waals surface area contributed by atoms with Crippen LogP contribution in [0.3, 0.4) is 0 Å². The topological polar surface area (TPSA) is 237 Å². The number of phosphoric ester groups is 2. The Morgan fingerprint density at radius 2 is 0.529 bits per heavy atom. The minimum atomic E-state index is -4.95. The number of aliphatic hydroxyl groups is 1. The Morgan fingerprint density at radius 1 is 0.310 bits per heavy atom. The number of ether oxygens (including phenoxy) is 4. The Morgan fingerprint density at radius 3 is 0.782 bits per heavy atom. The number of aliphatic hydroxyl groups excluding tert-OH is 1. The highest BCUT2D eigenvalue weighted by Gasteiger charge is 2.30. The molecule has 3 N–H and O–H groups in total. The second kappa shape index (κ2) is 60.3. The van der Waals surface area contributed by atoms with E-state index in [-0.39, 0.29) is 25.7 Å². The molecule has 87 heavy (non-hydrogen) atoms. The second-order valence-electron chi connectivity index (χ2n) is 25.5. The largest absolute Gasteiger partial charge is 0.472 e. The fraction of sp³-hybridized carbons (Fsp3) is 0.941. The molecule has 19 heteroatoms. The van der Waals surface area contributed by atoms with Gasteiger partial charge in [0.05, 0.1) is 26.4 Å². The van der Waals surface area contributed by atoms with Crippen molar-refractivity contribution in [3.05, 3.63) is 0 Å². The molecular weight excluding hydrogens is 1150 g/mol. The van der Waals surface area contributed by atoms with Gasteiger partial charge >= 0.3 is 39.5 Å². The van der Waals surface area contributed by atoms with E-state index in [9.17, 15) is 43.2 Å². The molecule has 0 aliphatic carbocycles. The Bertz CT molecular complexity index is 1700. The van der Waals surface area contributed by atoms with E-state index in [1.165, 1.54) is 154 Å². The summed E-state index contributed by atoms with van der Waals surface area (Å²) in [6.07, 6.45) is 44.6. The van der Waals surface area contributed by atoms with Gasteiger partial charge in [0.25, 0.3) is 0 Å². The van der Waals surface area contributed by atoms with Gasteiger partial charge in [0, 0.05) is 25.7 Å². The summed E-state index contributed by atoms with van der Waals surface area (Å²) < 4.78 is 68.1. The molecule has 0 heterocycles. The lowest BCUT2D eigenvalue weighted by atomic mass is 10.0. The Labute approximate surface area is 530 Å². The van der Waals surface area contributed by atoms with E-state index in [1.807, 2.05) is 0 Å². The molecule has 0 aromatic rings. The van der Waals surface area contributed by atoms with Crippen LogP contribution in [0.5, 0.6) is 0 Å². The van der Waals surface area contributed by atoms with Crippen LogP contribution in [0.25, 0.3) is 0 Å². The summed E-state index contributed by atoms with van der Waals surface area (Å²) in [6, 6.07) is 0. The fourth-order valence-electron chi connectivity index (χ4n) is 10.2. The molecule has 17 nitrogen and oxygen atoms in total. The monoisotopic (exact) mass is 1280 g/mol. The van der Waals surface area contributed by atoms with E-state index in [0.29, 0.717) is 31.6 Å². The number of esters is 4. The SMILES string of the molecule is CCCCCCCCCCCCCC(=O)OC[C@H](COP(=O)(O)OC[C@@H](O)COP(=O)(O)OC[C@@H](COC(=O)CCCCCCCCCC)OC(=O)CCCCCCCCCC(C)C)OC(=O)CCCCCCCCCCCCCCCCCC(C)C. The van der Waals surface area contributed by atoms with Gasteiger partial charge in [-0.05, 0) is 37.5 Å². The van der Waals surface area contributed by atoms with Crippen LogP contribution in [0.1, 0.15) is 343 Å². The molecule has 2 unspecified atom stereocenters. The van der Waals surface area contributed by atoms with Gasteiger partial charge in [0.15, 0.2) is 12.2 Å². The summed E-state index contributed by atoms with van der Waals surface area (Å²) in [5.41, 5.74) is 0. The third-order valence-electron chi connectivity index (χ3n) is 15.7. The maximum atomic E-state index is 13.0. The first-order chi connectivity index (χ1) is 41.9. The molecule has 0 aromatic heterocycles. The van der Waals surface area contributed by atoms with Crippen molar-refractivity contribution in [2.24, 2.45) is 11.8 Å². The van der Waals surface area contributed by atoms with E-state index in [1.54, 1.807) is 0 Å². The summed E-state index contributed by atoms with van der Waals surface area (Å²) in [6.45, 7) is 9.46. The smallest absolute Gasteiger partial charge is 0.462 e. The standard InChI is InChI=1S/C68H132O17P2/c1-7-9-11-13-15-17-23-27-33-39-45-51-66(71)79-57-63(84-67(72)52-46-40-34-28-25-22-20-18-19-21-24-26-30-36-42-48-60(3)4)58-82-86(74,75)80-54-62(69)55-81-87(76,77)83-59-64(56-78-65(70)50-44-38-32-16-14-12-10-8-2)85-68(73)53-47-41-35-29-31-37-43-49-61(5)6/h60-64,69H,7-59H2,1-6H3,(H,74,75)(H,76,77)/t62-,63-,64-/m1/s1. The second-order valence-corrected chi connectivity index (χ2v) is 28.4. The normalized spacial score (nSPS) is 14.2. The zero-order valence-electron chi connectivity index (χ0n) is 56.3. The Kier molecular flexibility index (Phi) is 59.0. The maximum Gasteiger partial charge on any atom is 0.472 e. The van der Waals surface area contributed by atoms with E-state index in [0.717, 1.165) is 102 Å². The summed E-state index contributed by atoms with van der Waals surface area (Å²) in [4.78, 5) is 72.3. The van der Waals surface area contributed by atoms with Gasteiger partial charge in [-0.25, -0.2) is 9.13 Å². The first-order valence-corrected chi connectivity index (χ1v) is 38.5. The van der Waals surface area contributed by atoms with Gasteiger partial charge in [0.1, 0.15) is 19.3 Å². The van der Waals surface area contributed by atoms with Crippen molar-refractivity contribution in [3.63, 3.8) is 0 Å². The number of carbonyl (C=O) groups is 4. The number of unbranched alkanes of at least 4 members (excludes halogenated alkanes) is 37. The molecule has 0 spiro atoms. The molecule has 0 aliphatic heterocycles. The van der Waals surface area contributed by atoms with Gasteiger partial charge in [-0.2, -0.15) is 0 Å². The molecule has 0 radical (unpaired) electrons. The zero-order valence-corrected chi connectivity index (χ0v) is 58.1. The molecule has 0 fully saturated rings. The van der Waals surface area contributed by atoms with Gasteiger partial charge in [-0.15, -0.1) is 0 Å². The van der Waals surface area contributed by atoms with E-state index >= 15 is 0 Å². The van der Waals surface area contributed by atoms with Crippen molar-refractivity contribution in [1.82, 2.24) is 0 Å². The average Bonchev–Trinajstić information content (AvgIpc) is 3.62. The third-order valence-corrected chi connectivity index (χ3v) is 17.6. The number of rotatable bonds is 67. The predicted molar refractivity (Wildman–Crippen MR) is 349 cm³/mol. The van der Waals surface area contributed by atoms with Crippen molar-refractivity contribution < 1.29 is 80.2 Å². The van der Waals surface area contributed by atoms with Crippen LogP contribution in [0.4, 0.5) is 0 Å². The number of hydrogen-bond donors (Lipinski definition) is 3. The van der Waals surface area contributed by atoms with Crippen LogP contribution in [0.2, 0.25) is 0 Å². The lowest BCUT2D eigenvalue weighted by Gasteiger charge is -2.21. The lowest BCUT2D eigenvalue weighted by molar-refractivity contribution is -0.161. The van der Waals surface area contributed by atoms with Crippen LogP contribution in [-0.2, 0) is 65.4 Å². The third kappa shape index (κ3) is 62.6. The zero-order chi connectivity index (χ0) is 64.3. The molecular formula is C68H132O17P2. The summed E-state index contributed by atoms with van der Waals surface area (Å²) in [7, 11) is -9.89. The minimum Gasteiger partial charge on any atom is -0.462 e. The summed E-state index contributed by atoms with van der Waals surface area (Å²) in [5.74, 6) is -0.633. The summed E-state index contributed by atoms with van der Waals surface area (Å²) in [5, 5.41) is 10.6. The van der Waals surface area contributed by atoms with Crippen LogP contribution < -0.4 is 0 Å². The van der Waals surface area contributed by atoms with Gasteiger partial charge in [-0.3, -0.25) is 37.3 Å². The van der Waals surface area contributed by atoms with Crippen molar-refractivity contribution in [1.29, 1.82) is 0 Å².